The summed E-state index contributed by atoms with van der Waals surface area (Å²) in [5.74, 6) is 0. The van der Waals surface area contributed by atoms with Crippen LogP contribution < -0.4 is 0 Å². The second-order valence-electron chi connectivity index (χ2n) is 3.58. The van der Waals surface area contributed by atoms with E-state index >= 15 is 0 Å². The number of para-hydroxylation sites is 1. The topological polar surface area (TPSA) is 17.8 Å². The molecule has 0 aliphatic rings. The first-order valence-electron chi connectivity index (χ1n) is 4.77. The zero-order valence-corrected chi connectivity index (χ0v) is 8.99. The lowest BCUT2D eigenvalue weighted by Crippen LogP contribution is -1.86. The SMILES string of the molecule is Cn1c2ccccc2c2nc(Cl)ccc21. The number of halogens is 1. The Balaban J connectivity index is 2.64. The number of aryl methyl sites for hydroxylation is 1. The average molecular weight is 217 g/mol. The molecule has 0 saturated carbocycles. The quantitative estimate of drug-likeness (QED) is 0.527. The van der Waals surface area contributed by atoms with Gasteiger partial charge in [-0.2, -0.15) is 0 Å². The van der Waals surface area contributed by atoms with Gasteiger partial charge in [0.15, 0.2) is 0 Å². The lowest BCUT2D eigenvalue weighted by Gasteiger charge is -1.95. The van der Waals surface area contributed by atoms with E-state index in [0.717, 1.165) is 16.4 Å². The molecule has 0 aliphatic heterocycles. The molecule has 3 rings (SSSR count). The summed E-state index contributed by atoms with van der Waals surface area (Å²) in [6, 6.07) is 12.0. The zero-order chi connectivity index (χ0) is 10.4. The van der Waals surface area contributed by atoms with Crippen molar-refractivity contribution in [3.8, 4) is 0 Å². The number of hydrogen-bond acceptors (Lipinski definition) is 1. The molecule has 1 aromatic carbocycles. The molecule has 2 nitrogen and oxygen atoms in total. The standard InChI is InChI=1S/C12H9ClN2/c1-15-9-5-3-2-4-8(9)12-10(15)6-7-11(13)14-12/h2-7H,1H3. The van der Waals surface area contributed by atoms with Crippen molar-refractivity contribution >= 4 is 33.5 Å². The van der Waals surface area contributed by atoms with E-state index in [9.17, 15) is 0 Å². The van der Waals surface area contributed by atoms with Crippen molar-refractivity contribution in [2.45, 2.75) is 0 Å². The van der Waals surface area contributed by atoms with Gasteiger partial charge in [-0.1, -0.05) is 29.8 Å². The minimum absolute atomic E-state index is 0.541. The van der Waals surface area contributed by atoms with Crippen LogP contribution in [0.5, 0.6) is 0 Å². The maximum Gasteiger partial charge on any atom is 0.129 e. The van der Waals surface area contributed by atoms with Crippen LogP contribution in [0.15, 0.2) is 36.4 Å². The molecule has 3 heteroatoms. The van der Waals surface area contributed by atoms with E-state index in [1.165, 1.54) is 5.52 Å². The molecule has 0 aliphatic carbocycles. The van der Waals surface area contributed by atoms with Crippen molar-refractivity contribution < 1.29 is 0 Å². The van der Waals surface area contributed by atoms with Gasteiger partial charge in [0.1, 0.15) is 5.15 Å². The maximum atomic E-state index is 5.91. The Labute approximate surface area is 92.1 Å². The molecule has 0 amide bonds. The second kappa shape index (κ2) is 2.97. The van der Waals surface area contributed by atoms with Crippen molar-refractivity contribution in [1.82, 2.24) is 9.55 Å². The van der Waals surface area contributed by atoms with Gasteiger partial charge in [0.25, 0.3) is 0 Å². The summed E-state index contributed by atoms with van der Waals surface area (Å²) in [7, 11) is 2.04. The summed E-state index contributed by atoms with van der Waals surface area (Å²) in [5, 5.41) is 1.69. The third kappa shape index (κ3) is 1.15. The number of pyridine rings is 1. The summed E-state index contributed by atoms with van der Waals surface area (Å²) < 4.78 is 2.13. The molecule has 15 heavy (non-hydrogen) atoms. The molecule has 2 aromatic heterocycles. The number of rotatable bonds is 0. The summed E-state index contributed by atoms with van der Waals surface area (Å²) in [4.78, 5) is 4.37. The number of hydrogen-bond donors (Lipinski definition) is 0. The first-order chi connectivity index (χ1) is 7.27. The van der Waals surface area contributed by atoms with E-state index < -0.39 is 0 Å². The van der Waals surface area contributed by atoms with Gasteiger partial charge in [0, 0.05) is 12.4 Å². The highest BCUT2D eigenvalue weighted by Crippen LogP contribution is 2.27. The van der Waals surface area contributed by atoms with Crippen molar-refractivity contribution in [3.63, 3.8) is 0 Å². The molecule has 0 bridgehead atoms. The lowest BCUT2D eigenvalue weighted by atomic mass is 10.2. The molecular formula is C12H9ClN2. The molecule has 0 atom stereocenters. The fourth-order valence-corrected chi connectivity index (χ4v) is 2.14. The Morgan fingerprint density at radius 1 is 1.07 bits per heavy atom. The van der Waals surface area contributed by atoms with Gasteiger partial charge in [-0.15, -0.1) is 0 Å². The molecule has 0 fully saturated rings. The summed E-state index contributed by atoms with van der Waals surface area (Å²) in [5.41, 5.74) is 3.27. The van der Waals surface area contributed by atoms with Crippen LogP contribution in [0.1, 0.15) is 0 Å². The van der Waals surface area contributed by atoms with Gasteiger partial charge in [-0.25, -0.2) is 4.98 Å². The Hall–Kier alpha value is -1.54. The summed E-state index contributed by atoms with van der Waals surface area (Å²) >= 11 is 5.91. The molecule has 0 spiro atoms. The molecule has 0 unspecified atom stereocenters. The number of benzene rings is 1. The largest absolute Gasteiger partial charge is 0.342 e. The first-order valence-corrected chi connectivity index (χ1v) is 5.15. The van der Waals surface area contributed by atoms with Gasteiger partial charge in [-0.05, 0) is 18.2 Å². The average Bonchev–Trinajstić information content (AvgIpc) is 2.54. The maximum absolute atomic E-state index is 5.91. The van der Waals surface area contributed by atoms with E-state index in [-0.39, 0.29) is 0 Å². The normalized spacial score (nSPS) is 11.3. The minimum Gasteiger partial charge on any atom is -0.342 e. The molecule has 2 heterocycles. The summed E-state index contributed by atoms with van der Waals surface area (Å²) in [6.07, 6.45) is 0. The predicted molar refractivity (Wildman–Crippen MR) is 63.2 cm³/mol. The van der Waals surface area contributed by atoms with Crippen LogP contribution in [-0.4, -0.2) is 9.55 Å². The number of aromatic nitrogens is 2. The van der Waals surface area contributed by atoms with E-state index in [0.29, 0.717) is 5.15 Å². The van der Waals surface area contributed by atoms with Crippen molar-refractivity contribution in [2.75, 3.05) is 0 Å². The van der Waals surface area contributed by atoms with Gasteiger partial charge in [0.05, 0.1) is 16.6 Å². The van der Waals surface area contributed by atoms with E-state index in [1.807, 2.05) is 31.3 Å². The minimum atomic E-state index is 0.541. The highest BCUT2D eigenvalue weighted by molar-refractivity contribution is 6.30. The third-order valence-electron chi connectivity index (χ3n) is 2.72. The van der Waals surface area contributed by atoms with Crippen LogP contribution in [0.4, 0.5) is 0 Å². The highest BCUT2D eigenvalue weighted by Gasteiger charge is 2.08. The monoisotopic (exact) mass is 216 g/mol. The molecule has 3 aromatic rings. The Morgan fingerprint density at radius 3 is 2.73 bits per heavy atom. The van der Waals surface area contributed by atoms with Crippen molar-refractivity contribution in [3.05, 3.63) is 41.6 Å². The van der Waals surface area contributed by atoms with Crippen LogP contribution in [0.2, 0.25) is 5.15 Å². The molecule has 0 N–H and O–H groups in total. The summed E-state index contributed by atoms with van der Waals surface area (Å²) in [6.45, 7) is 0. The van der Waals surface area contributed by atoms with Gasteiger partial charge in [0.2, 0.25) is 0 Å². The fourth-order valence-electron chi connectivity index (χ4n) is 1.99. The van der Waals surface area contributed by atoms with Crippen LogP contribution in [0, 0.1) is 0 Å². The van der Waals surface area contributed by atoms with Crippen LogP contribution >= 0.6 is 11.6 Å². The van der Waals surface area contributed by atoms with Crippen molar-refractivity contribution in [1.29, 1.82) is 0 Å². The number of nitrogens with zero attached hydrogens (tertiary/aromatic N) is 2. The van der Waals surface area contributed by atoms with E-state index in [2.05, 4.69) is 21.7 Å². The van der Waals surface area contributed by atoms with Crippen LogP contribution in [0.3, 0.4) is 0 Å². The van der Waals surface area contributed by atoms with Crippen LogP contribution in [-0.2, 0) is 7.05 Å². The molecule has 74 valence electrons. The van der Waals surface area contributed by atoms with E-state index in [1.54, 1.807) is 0 Å². The Kier molecular flexibility index (Phi) is 1.73. The lowest BCUT2D eigenvalue weighted by molar-refractivity contribution is 1.01. The third-order valence-corrected chi connectivity index (χ3v) is 2.93. The molecule has 0 saturated heterocycles. The van der Waals surface area contributed by atoms with Gasteiger partial charge >= 0.3 is 0 Å². The van der Waals surface area contributed by atoms with Crippen LogP contribution in [0.25, 0.3) is 21.9 Å². The Morgan fingerprint density at radius 2 is 1.87 bits per heavy atom. The molecule has 0 radical (unpaired) electrons. The van der Waals surface area contributed by atoms with Gasteiger partial charge < -0.3 is 4.57 Å². The molecular weight excluding hydrogens is 208 g/mol. The fraction of sp³-hybridized carbons (Fsp3) is 0.0833. The second-order valence-corrected chi connectivity index (χ2v) is 3.97. The first kappa shape index (κ1) is 8.74. The Bertz CT molecular complexity index is 655. The smallest absolute Gasteiger partial charge is 0.129 e. The highest BCUT2D eigenvalue weighted by atomic mass is 35.5. The van der Waals surface area contributed by atoms with Gasteiger partial charge in [-0.3, -0.25) is 0 Å². The number of fused-ring (bicyclic) bond motifs is 3. The predicted octanol–water partition coefficient (Wildman–Crippen LogP) is 3.38. The van der Waals surface area contributed by atoms with E-state index in [4.69, 9.17) is 11.6 Å². The zero-order valence-electron chi connectivity index (χ0n) is 8.24. The van der Waals surface area contributed by atoms with Crippen molar-refractivity contribution in [2.24, 2.45) is 7.05 Å².